The fourth-order valence-electron chi connectivity index (χ4n) is 12.2. The largest absolute Gasteiger partial charge is 0.393 e. The Morgan fingerprint density at radius 1 is 0.592 bits per heavy atom. The summed E-state index contributed by atoms with van der Waals surface area (Å²) in [6.45, 7) is 14.3. The van der Waals surface area contributed by atoms with E-state index in [0.717, 1.165) is 148 Å². The zero-order valence-corrected chi connectivity index (χ0v) is 42.8. The molecule has 2 aliphatic heterocycles. The summed E-state index contributed by atoms with van der Waals surface area (Å²) in [6, 6.07) is 12.7. The van der Waals surface area contributed by atoms with Crippen LogP contribution in [0.5, 0.6) is 0 Å². The Morgan fingerprint density at radius 2 is 1.05 bits per heavy atom. The molecule has 7 heterocycles. The zero-order valence-electron chi connectivity index (χ0n) is 42.8. The van der Waals surface area contributed by atoms with Crippen LogP contribution < -0.4 is 21.8 Å². The SMILES string of the molecule is C.O=c1c2cc(CN3CCC(c4nn[nH]n4)CC3)ccc2c2cnc(NCC3CC3)nc2n1C1CCC(O)CC1.[C-]#[N+]C1CCN(Cc2ccc3c(c2)c(=O)n(C2CCC(O)CC2)c2nc(NCC4CC4)ncc32)CC1. The number of fused-ring (bicyclic) bond motifs is 6. The minimum Gasteiger partial charge on any atom is -0.393 e. The van der Waals surface area contributed by atoms with Crippen LogP contribution in [0, 0.1) is 18.4 Å². The van der Waals surface area contributed by atoms with E-state index in [9.17, 15) is 19.8 Å². The van der Waals surface area contributed by atoms with E-state index in [1.165, 1.54) is 25.7 Å². The lowest BCUT2D eigenvalue weighted by Crippen LogP contribution is -2.34. The summed E-state index contributed by atoms with van der Waals surface area (Å²) in [4.78, 5) is 55.6. The van der Waals surface area contributed by atoms with Crippen LogP contribution in [0.2, 0.25) is 0 Å². The maximum Gasteiger partial charge on any atom is 0.260 e. The molecule has 76 heavy (non-hydrogen) atoms. The summed E-state index contributed by atoms with van der Waals surface area (Å²) in [5.74, 6) is 3.71. The van der Waals surface area contributed by atoms with Gasteiger partial charge in [0.05, 0.1) is 12.2 Å². The van der Waals surface area contributed by atoms with Gasteiger partial charge in [-0.1, -0.05) is 36.9 Å². The lowest BCUT2D eigenvalue weighted by molar-refractivity contribution is 0.110. The number of hydrogen-bond donors (Lipinski definition) is 5. The molecule has 13 rings (SSSR count). The van der Waals surface area contributed by atoms with Crippen LogP contribution in [0.15, 0.2) is 58.4 Å². The van der Waals surface area contributed by atoms with Gasteiger partial charge in [0.15, 0.2) is 5.82 Å². The summed E-state index contributed by atoms with van der Waals surface area (Å²) in [5.41, 5.74) is 3.64. The first kappa shape index (κ1) is 51.6. The molecule has 19 nitrogen and oxygen atoms in total. The number of anilines is 2. The quantitative estimate of drug-likeness (QED) is 0.0547. The topological polar surface area (TPSA) is 225 Å². The number of benzene rings is 2. The fraction of sp³-hybridized carbons (Fsp3) is 0.579. The number of piperidine rings is 2. The van der Waals surface area contributed by atoms with Crippen LogP contribution in [0.3, 0.4) is 0 Å². The first-order valence-electron chi connectivity index (χ1n) is 27.8. The summed E-state index contributed by atoms with van der Waals surface area (Å²) in [7, 11) is 0. The van der Waals surface area contributed by atoms with Crippen molar-refractivity contribution < 1.29 is 10.2 Å². The number of rotatable bonds is 13. The highest BCUT2D eigenvalue weighted by Crippen LogP contribution is 2.36. The van der Waals surface area contributed by atoms with Crippen LogP contribution in [-0.4, -0.2) is 127 Å². The van der Waals surface area contributed by atoms with Crippen LogP contribution in [0.4, 0.5) is 11.9 Å². The monoisotopic (exact) mass is 1030 g/mol. The summed E-state index contributed by atoms with van der Waals surface area (Å²) in [5, 5.41) is 46.6. The second-order valence-corrected chi connectivity index (χ2v) is 22.5. The van der Waals surface area contributed by atoms with Crippen molar-refractivity contribution in [3.05, 3.63) is 97.9 Å². The molecule has 7 aromatic rings. The number of tetrazole rings is 1. The van der Waals surface area contributed by atoms with Gasteiger partial charge in [-0.2, -0.15) is 15.2 Å². The highest BCUT2D eigenvalue weighted by atomic mass is 16.3. The lowest BCUT2D eigenvalue weighted by Gasteiger charge is -2.30. The summed E-state index contributed by atoms with van der Waals surface area (Å²) < 4.78 is 3.78. The van der Waals surface area contributed by atoms with Crippen LogP contribution in [0.25, 0.3) is 48.5 Å². The molecule has 0 amide bonds. The first-order chi connectivity index (χ1) is 36.7. The van der Waals surface area contributed by atoms with Crippen molar-refractivity contribution in [3.8, 4) is 0 Å². The molecule has 19 heteroatoms. The van der Waals surface area contributed by atoms with Crippen molar-refractivity contribution in [2.75, 3.05) is 49.9 Å². The number of aliphatic hydroxyl groups is 2. The van der Waals surface area contributed by atoms with Gasteiger partial charge >= 0.3 is 0 Å². The first-order valence-corrected chi connectivity index (χ1v) is 27.8. The predicted molar refractivity (Wildman–Crippen MR) is 295 cm³/mol. The minimum atomic E-state index is -0.287. The van der Waals surface area contributed by atoms with Gasteiger partial charge in [-0.05, 0) is 149 Å². The maximum absolute atomic E-state index is 14.1. The van der Waals surface area contributed by atoms with Gasteiger partial charge in [0.2, 0.25) is 17.9 Å². The third-order valence-corrected chi connectivity index (χ3v) is 17.1. The number of aromatic amines is 1. The number of hydrogen-bond acceptors (Lipinski definition) is 15. The molecule has 5 N–H and O–H groups in total. The smallest absolute Gasteiger partial charge is 0.260 e. The van der Waals surface area contributed by atoms with E-state index in [1.807, 2.05) is 27.6 Å². The van der Waals surface area contributed by atoms with E-state index >= 15 is 0 Å². The van der Waals surface area contributed by atoms with E-state index in [0.29, 0.717) is 72.0 Å². The number of pyridine rings is 2. The van der Waals surface area contributed by atoms with Crippen molar-refractivity contribution >= 4 is 55.5 Å². The van der Waals surface area contributed by atoms with Gasteiger partial charge < -0.3 is 25.7 Å². The highest BCUT2D eigenvalue weighted by molar-refractivity contribution is 6.05. The molecular weight excluding hydrogens is 959 g/mol. The van der Waals surface area contributed by atoms with Crippen molar-refractivity contribution in [1.29, 1.82) is 0 Å². The molecule has 4 aliphatic carbocycles. The Hall–Kier alpha value is -6.46. The second kappa shape index (κ2) is 22.6. The molecule has 5 aromatic heterocycles. The van der Waals surface area contributed by atoms with E-state index in [-0.39, 0.29) is 48.9 Å². The van der Waals surface area contributed by atoms with Crippen molar-refractivity contribution in [2.24, 2.45) is 11.8 Å². The molecule has 0 bridgehead atoms. The Morgan fingerprint density at radius 3 is 1.47 bits per heavy atom. The Kier molecular flexibility index (Phi) is 15.4. The standard InChI is InChI=1S/C28H35N9O2.C28H34N6O2.CH4/c38-21-6-4-20(5-7-21)37-26-24(15-30-28(31-26)29-14-17-1-2-17)22-8-3-18(13-23(22)27(37)39)16-36-11-9-19(10-12-36)25-32-34-35-33-25;1-29-20-10-12-33(13-11-20)17-19-4-9-23-24(14-19)27(36)34(21-5-7-22(35)8-6-21)26-25(23)16-31-28(32-26)30-15-18-2-3-18;/h3,8,13,15,17,19-21,38H,1-2,4-7,9-12,14,16H2,(H,29,30,31)(H,32,33,34,35);4,9,14,16,18,20-22,35H,2-3,5-8,10-13,15,17H2,(H,30,31,32);1H4. The molecule has 400 valence electrons. The number of likely N-dealkylation sites (tertiary alicyclic amines) is 2. The number of nitrogens with one attached hydrogen (secondary N) is 3. The number of H-pyrrole nitrogens is 1. The lowest BCUT2D eigenvalue weighted by atomic mass is 9.92. The third kappa shape index (κ3) is 11.3. The van der Waals surface area contributed by atoms with Crippen molar-refractivity contribution in [3.63, 3.8) is 0 Å². The van der Waals surface area contributed by atoms with Gasteiger partial charge in [-0.25, -0.2) is 16.5 Å². The summed E-state index contributed by atoms with van der Waals surface area (Å²) >= 11 is 0. The van der Waals surface area contributed by atoms with E-state index in [1.54, 1.807) is 0 Å². The summed E-state index contributed by atoms with van der Waals surface area (Å²) in [6.07, 6.45) is 17.9. The number of aromatic nitrogens is 10. The number of aliphatic hydroxyl groups excluding tert-OH is 2. The molecule has 0 radical (unpaired) electrons. The maximum atomic E-state index is 14.1. The normalized spacial score (nSPS) is 23.0. The van der Waals surface area contributed by atoms with Crippen LogP contribution >= 0.6 is 0 Å². The van der Waals surface area contributed by atoms with Gasteiger partial charge in [-0.3, -0.25) is 28.5 Å². The minimum absolute atomic E-state index is 0. The molecule has 2 aromatic carbocycles. The van der Waals surface area contributed by atoms with Crippen molar-refractivity contribution in [2.45, 2.75) is 160 Å². The second-order valence-electron chi connectivity index (χ2n) is 22.5. The zero-order chi connectivity index (χ0) is 51.0. The molecular formula is C57H73N15O4. The van der Waals surface area contributed by atoms with Gasteiger partial charge in [0.25, 0.3) is 11.1 Å². The average molecular weight is 1030 g/mol. The third-order valence-electron chi connectivity index (χ3n) is 17.1. The molecule has 4 saturated carbocycles. The van der Waals surface area contributed by atoms with Gasteiger partial charge in [0, 0.05) is 104 Å². The highest BCUT2D eigenvalue weighted by Gasteiger charge is 2.30. The Balaban J connectivity index is 0.000000161. The van der Waals surface area contributed by atoms with E-state index < -0.39 is 0 Å². The van der Waals surface area contributed by atoms with Crippen LogP contribution in [-0.2, 0) is 13.1 Å². The van der Waals surface area contributed by atoms with Crippen molar-refractivity contribution in [1.82, 2.24) is 59.5 Å². The van der Waals surface area contributed by atoms with Gasteiger partial charge in [0.1, 0.15) is 11.3 Å². The van der Waals surface area contributed by atoms with E-state index in [2.05, 4.69) is 86.2 Å². The molecule has 0 atom stereocenters. The molecule has 0 unspecified atom stereocenters. The van der Waals surface area contributed by atoms with Crippen LogP contribution in [0.1, 0.15) is 145 Å². The molecule has 0 spiro atoms. The van der Waals surface area contributed by atoms with Gasteiger partial charge in [-0.15, -0.1) is 10.2 Å². The molecule has 2 saturated heterocycles. The van der Waals surface area contributed by atoms with E-state index in [4.69, 9.17) is 16.5 Å². The fourth-order valence-corrected chi connectivity index (χ4v) is 12.2. The number of nitrogens with zero attached hydrogens (tertiary/aromatic N) is 12. The Bertz CT molecular complexity index is 3320. The molecule has 6 aliphatic rings. The predicted octanol–water partition coefficient (Wildman–Crippen LogP) is 7.90. The Labute approximate surface area is 442 Å². The average Bonchev–Trinajstić information content (AvgIpc) is 4.46. The molecule has 6 fully saturated rings.